The Labute approximate surface area is 210 Å². The molecule has 0 saturated heterocycles. The summed E-state index contributed by atoms with van der Waals surface area (Å²) >= 11 is 3.57. The maximum atomic E-state index is 12.3. The zero-order valence-corrected chi connectivity index (χ0v) is 21.7. The van der Waals surface area contributed by atoms with E-state index in [0.29, 0.717) is 24.7 Å². The molecule has 3 aromatic carbocycles. The number of hydrazone groups is 1. The van der Waals surface area contributed by atoms with Gasteiger partial charge in [-0.05, 0) is 62.7 Å². The molecule has 1 amide bonds. The summed E-state index contributed by atoms with van der Waals surface area (Å²) in [5.41, 5.74) is 6.71. The summed E-state index contributed by atoms with van der Waals surface area (Å²) in [5.74, 6) is 1.07. The Morgan fingerprint density at radius 2 is 1.71 bits per heavy atom. The number of hydrogen-bond donors (Lipinski definition) is 1. The number of rotatable bonds is 9. The average Bonchev–Trinajstić information content (AvgIpc) is 2.79. The molecule has 5 nitrogen and oxygen atoms in total. The minimum Gasteiger partial charge on any atom is -0.490 e. The van der Waals surface area contributed by atoms with Crippen LogP contribution >= 0.6 is 15.9 Å². The molecule has 1 N–H and O–H groups in total. The highest BCUT2D eigenvalue weighted by Gasteiger charge is 2.14. The summed E-state index contributed by atoms with van der Waals surface area (Å²) < 4.78 is 12.5. The average molecular weight is 523 g/mol. The van der Waals surface area contributed by atoms with Gasteiger partial charge < -0.3 is 9.47 Å². The van der Waals surface area contributed by atoms with Gasteiger partial charge in [-0.3, -0.25) is 4.79 Å². The van der Waals surface area contributed by atoms with Crippen molar-refractivity contribution in [3.63, 3.8) is 0 Å². The summed E-state index contributed by atoms with van der Waals surface area (Å²) in [5, 5.41) is 4.12. The lowest BCUT2D eigenvalue weighted by Crippen LogP contribution is -2.20. The van der Waals surface area contributed by atoms with Crippen molar-refractivity contribution < 1.29 is 14.3 Å². The van der Waals surface area contributed by atoms with Gasteiger partial charge in [0.1, 0.15) is 6.61 Å². The van der Waals surface area contributed by atoms with Gasteiger partial charge in [0.15, 0.2) is 11.5 Å². The van der Waals surface area contributed by atoms with Gasteiger partial charge >= 0.3 is 0 Å². The first-order chi connectivity index (χ1) is 16.3. The molecule has 0 saturated carbocycles. The predicted molar refractivity (Wildman–Crippen MR) is 141 cm³/mol. The molecule has 0 bridgehead atoms. The van der Waals surface area contributed by atoms with Gasteiger partial charge in [0.05, 0.1) is 23.7 Å². The topological polar surface area (TPSA) is 59.9 Å². The standard InChI is InChI=1S/C28H31BrN2O3/c1-5-33-25-16-22(15-24(29)27(25)34-19-21-9-7-6-8-10-21)18-30-31-26(32)17-20-11-13-23(14-12-20)28(2,3)4/h6-16,18H,5,17,19H2,1-4H3,(H,31,32)/b30-18-. The van der Waals surface area contributed by atoms with Gasteiger partial charge in [-0.15, -0.1) is 0 Å². The Bertz CT molecular complexity index is 1120. The number of benzene rings is 3. The molecule has 0 unspecified atom stereocenters. The van der Waals surface area contributed by atoms with Gasteiger partial charge in [-0.1, -0.05) is 75.4 Å². The molecule has 34 heavy (non-hydrogen) atoms. The Hall–Kier alpha value is -3.12. The normalized spacial score (nSPS) is 11.4. The third-order valence-corrected chi connectivity index (χ3v) is 5.73. The lowest BCUT2D eigenvalue weighted by molar-refractivity contribution is -0.120. The molecule has 3 rings (SSSR count). The van der Waals surface area contributed by atoms with Crippen molar-refractivity contribution in [1.82, 2.24) is 5.43 Å². The minimum atomic E-state index is -0.174. The maximum absolute atomic E-state index is 12.3. The molecule has 0 heterocycles. The van der Waals surface area contributed by atoms with Crippen LogP contribution in [0, 0.1) is 0 Å². The van der Waals surface area contributed by atoms with E-state index in [1.54, 1.807) is 6.21 Å². The summed E-state index contributed by atoms with van der Waals surface area (Å²) in [6.45, 7) is 9.35. The molecule has 0 atom stereocenters. The van der Waals surface area contributed by atoms with Gasteiger partial charge in [0.2, 0.25) is 5.91 Å². The van der Waals surface area contributed by atoms with Crippen LogP contribution in [0.2, 0.25) is 0 Å². The van der Waals surface area contributed by atoms with E-state index in [1.165, 1.54) is 5.56 Å². The van der Waals surface area contributed by atoms with Crippen LogP contribution in [0.1, 0.15) is 49.9 Å². The Balaban J connectivity index is 1.62. The SMILES string of the molecule is CCOc1cc(/C=N\NC(=O)Cc2ccc(C(C)(C)C)cc2)cc(Br)c1OCc1ccccc1. The minimum absolute atomic E-state index is 0.0852. The molecule has 6 heteroatoms. The Morgan fingerprint density at radius 1 is 1.00 bits per heavy atom. The van der Waals surface area contributed by atoms with E-state index in [0.717, 1.165) is 21.2 Å². The van der Waals surface area contributed by atoms with E-state index < -0.39 is 0 Å². The first kappa shape index (κ1) is 25.5. The number of nitrogens with zero attached hydrogens (tertiary/aromatic N) is 1. The quantitative estimate of drug-likeness (QED) is 0.260. The largest absolute Gasteiger partial charge is 0.490 e. The number of carbonyl (C=O) groups excluding carboxylic acids is 1. The molecule has 0 spiro atoms. The van der Waals surface area contributed by atoms with Gasteiger partial charge in [0.25, 0.3) is 0 Å². The van der Waals surface area contributed by atoms with Gasteiger partial charge in [0, 0.05) is 0 Å². The number of nitrogens with one attached hydrogen (secondary N) is 1. The van der Waals surface area contributed by atoms with E-state index in [2.05, 4.69) is 59.4 Å². The molecule has 0 aliphatic heterocycles. The Morgan fingerprint density at radius 3 is 2.35 bits per heavy atom. The lowest BCUT2D eigenvalue weighted by Gasteiger charge is -2.19. The van der Waals surface area contributed by atoms with E-state index >= 15 is 0 Å². The van der Waals surface area contributed by atoms with Crippen molar-refractivity contribution in [3.8, 4) is 11.5 Å². The highest BCUT2D eigenvalue weighted by atomic mass is 79.9. The number of amides is 1. The highest BCUT2D eigenvalue weighted by molar-refractivity contribution is 9.10. The molecule has 0 aromatic heterocycles. The van der Waals surface area contributed by atoms with Gasteiger partial charge in [-0.2, -0.15) is 5.10 Å². The van der Waals surface area contributed by atoms with Crippen LogP contribution in [-0.2, 0) is 23.2 Å². The third-order valence-electron chi connectivity index (χ3n) is 5.15. The first-order valence-corrected chi connectivity index (χ1v) is 12.1. The van der Waals surface area contributed by atoms with Crippen LogP contribution in [0.3, 0.4) is 0 Å². The van der Waals surface area contributed by atoms with Crippen molar-refractivity contribution in [2.24, 2.45) is 5.10 Å². The predicted octanol–water partition coefficient (Wildman–Crippen LogP) is 6.42. The first-order valence-electron chi connectivity index (χ1n) is 11.3. The number of carbonyl (C=O) groups is 1. The zero-order valence-electron chi connectivity index (χ0n) is 20.1. The maximum Gasteiger partial charge on any atom is 0.244 e. The van der Waals surface area contributed by atoms with E-state index in [1.807, 2.05) is 61.5 Å². The smallest absolute Gasteiger partial charge is 0.244 e. The highest BCUT2D eigenvalue weighted by Crippen LogP contribution is 2.37. The van der Waals surface area contributed by atoms with Crippen LogP contribution in [-0.4, -0.2) is 18.7 Å². The second kappa shape index (κ2) is 11.8. The van der Waals surface area contributed by atoms with Crippen LogP contribution in [0.5, 0.6) is 11.5 Å². The van der Waals surface area contributed by atoms with Crippen molar-refractivity contribution in [1.29, 1.82) is 0 Å². The monoisotopic (exact) mass is 522 g/mol. The van der Waals surface area contributed by atoms with Crippen LogP contribution < -0.4 is 14.9 Å². The number of ether oxygens (including phenoxy) is 2. The van der Waals surface area contributed by atoms with Crippen LogP contribution in [0.15, 0.2) is 76.3 Å². The molecule has 0 aliphatic rings. The number of hydrogen-bond acceptors (Lipinski definition) is 4. The van der Waals surface area contributed by atoms with Crippen LogP contribution in [0.25, 0.3) is 0 Å². The summed E-state index contributed by atoms with van der Waals surface area (Å²) in [4.78, 5) is 12.3. The molecule has 0 aliphatic carbocycles. The van der Waals surface area contributed by atoms with Crippen molar-refractivity contribution in [3.05, 3.63) is 93.5 Å². The third kappa shape index (κ3) is 7.45. The van der Waals surface area contributed by atoms with Gasteiger partial charge in [-0.25, -0.2) is 5.43 Å². The lowest BCUT2D eigenvalue weighted by atomic mass is 9.86. The summed E-state index contributed by atoms with van der Waals surface area (Å²) in [6.07, 6.45) is 1.86. The summed E-state index contributed by atoms with van der Waals surface area (Å²) in [7, 11) is 0. The molecule has 3 aromatic rings. The summed E-state index contributed by atoms with van der Waals surface area (Å²) in [6, 6.07) is 21.8. The second-order valence-electron chi connectivity index (χ2n) is 8.95. The molecule has 0 fully saturated rings. The molecular formula is C28H31BrN2O3. The van der Waals surface area contributed by atoms with Crippen LogP contribution in [0.4, 0.5) is 0 Å². The van der Waals surface area contributed by atoms with Crippen molar-refractivity contribution >= 4 is 28.1 Å². The zero-order chi connectivity index (χ0) is 24.6. The van der Waals surface area contributed by atoms with E-state index in [4.69, 9.17) is 9.47 Å². The van der Waals surface area contributed by atoms with E-state index in [9.17, 15) is 4.79 Å². The van der Waals surface area contributed by atoms with Crippen molar-refractivity contribution in [2.75, 3.05) is 6.61 Å². The van der Waals surface area contributed by atoms with Crippen molar-refractivity contribution in [2.45, 2.75) is 46.1 Å². The fourth-order valence-electron chi connectivity index (χ4n) is 3.32. The second-order valence-corrected chi connectivity index (χ2v) is 9.81. The van der Waals surface area contributed by atoms with E-state index in [-0.39, 0.29) is 17.7 Å². The molecule has 178 valence electrons. The fourth-order valence-corrected chi connectivity index (χ4v) is 3.90. The Kier molecular flexibility index (Phi) is 8.88. The fraction of sp³-hybridized carbons (Fsp3) is 0.286. The molecule has 0 radical (unpaired) electrons. The number of halogens is 1. The molecular weight excluding hydrogens is 492 g/mol.